The van der Waals surface area contributed by atoms with Crippen LogP contribution in [0.4, 0.5) is 8.78 Å². The molecule has 1 fully saturated rings. The maximum atomic E-state index is 12.6. The Hall–Kier alpha value is -2.89. The van der Waals surface area contributed by atoms with Crippen molar-refractivity contribution in [3.05, 3.63) is 59.2 Å². The van der Waals surface area contributed by atoms with E-state index in [2.05, 4.69) is 9.47 Å². The van der Waals surface area contributed by atoms with Crippen molar-refractivity contribution in [3.63, 3.8) is 0 Å². The lowest BCUT2D eigenvalue weighted by atomic mass is 10.1. The Kier molecular flexibility index (Phi) is 6.06. The highest BCUT2D eigenvalue weighted by atomic mass is 19.3. The molecule has 1 aliphatic rings. The third-order valence-corrected chi connectivity index (χ3v) is 4.16. The van der Waals surface area contributed by atoms with Crippen molar-refractivity contribution < 1.29 is 27.8 Å². The Balaban J connectivity index is 1.73. The molecule has 4 nitrogen and oxygen atoms in total. The van der Waals surface area contributed by atoms with Crippen molar-refractivity contribution in [1.82, 2.24) is 0 Å². The lowest BCUT2D eigenvalue weighted by molar-refractivity contribution is -0.0515. The van der Waals surface area contributed by atoms with Gasteiger partial charge in [0.1, 0.15) is 0 Å². The average Bonchev–Trinajstić information content (AvgIpc) is 3.50. The molecule has 0 spiro atoms. The summed E-state index contributed by atoms with van der Waals surface area (Å²) in [4.78, 5) is 11.4. The molecule has 0 unspecified atom stereocenters. The molecule has 2 aromatic rings. The average molecular weight is 374 g/mol. The third-order valence-electron chi connectivity index (χ3n) is 4.16. The van der Waals surface area contributed by atoms with Crippen LogP contribution in [0.25, 0.3) is 12.2 Å². The predicted octanol–water partition coefficient (Wildman–Crippen LogP) is 5.03. The van der Waals surface area contributed by atoms with Crippen LogP contribution in [0.2, 0.25) is 0 Å². The normalized spacial score (nSPS) is 13.8. The number of methoxy groups -OCH3 is 1. The quantitative estimate of drug-likeness (QED) is 0.480. The molecule has 3 rings (SSSR count). The van der Waals surface area contributed by atoms with Crippen LogP contribution in [0.15, 0.2) is 42.5 Å². The summed E-state index contributed by atoms with van der Waals surface area (Å²) in [7, 11) is 1.33. The molecule has 0 radical (unpaired) electrons. The second-order valence-corrected chi connectivity index (χ2v) is 6.29. The smallest absolute Gasteiger partial charge is 0.387 e. The van der Waals surface area contributed by atoms with Crippen LogP contribution in [0.3, 0.4) is 0 Å². The van der Waals surface area contributed by atoms with Crippen molar-refractivity contribution in [3.8, 4) is 11.5 Å². The van der Waals surface area contributed by atoms with E-state index in [9.17, 15) is 13.6 Å². The first-order chi connectivity index (χ1) is 13.0. The molecular formula is C21H20F2O4. The molecule has 1 aliphatic carbocycles. The van der Waals surface area contributed by atoms with Gasteiger partial charge in [-0.3, -0.25) is 0 Å². The monoisotopic (exact) mass is 374 g/mol. The van der Waals surface area contributed by atoms with Crippen LogP contribution in [0.5, 0.6) is 11.5 Å². The Morgan fingerprint density at radius 1 is 1.07 bits per heavy atom. The molecule has 0 aliphatic heterocycles. The fraction of sp³-hybridized carbons (Fsp3) is 0.286. The van der Waals surface area contributed by atoms with Crippen molar-refractivity contribution >= 4 is 18.1 Å². The van der Waals surface area contributed by atoms with Gasteiger partial charge in [0.2, 0.25) is 0 Å². The molecule has 0 bridgehead atoms. The number of ether oxygens (including phenoxy) is 3. The molecule has 0 heterocycles. The molecule has 1 saturated carbocycles. The zero-order valence-corrected chi connectivity index (χ0v) is 14.9. The van der Waals surface area contributed by atoms with Crippen molar-refractivity contribution in [2.75, 3.05) is 13.7 Å². The Bertz CT molecular complexity index is 811. The zero-order chi connectivity index (χ0) is 19.2. The van der Waals surface area contributed by atoms with Crippen LogP contribution < -0.4 is 9.47 Å². The molecule has 6 heteroatoms. The molecule has 2 aromatic carbocycles. The van der Waals surface area contributed by atoms with E-state index in [4.69, 9.17) is 4.74 Å². The first kappa shape index (κ1) is 18.9. The predicted molar refractivity (Wildman–Crippen MR) is 98.0 cm³/mol. The first-order valence-corrected chi connectivity index (χ1v) is 8.63. The number of alkyl halides is 2. The largest absolute Gasteiger partial charge is 0.489 e. The summed E-state index contributed by atoms with van der Waals surface area (Å²) in [5, 5.41) is 0. The van der Waals surface area contributed by atoms with E-state index in [1.807, 2.05) is 12.2 Å². The van der Waals surface area contributed by atoms with Crippen LogP contribution in [-0.4, -0.2) is 26.3 Å². The fourth-order valence-corrected chi connectivity index (χ4v) is 2.47. The summed E-state index contributed by atoms with van der Waals surface area (Å²) in [6.45, 7) is -2.40. The SMILES string of the molecule is COC(=O)c1ccc(/C=C/c2ccc(OC(F)F)c(OCC3CC3)c2)cc1. The lowest BCUT2D eigenvalue weighted by Gasteiger charge is -2.12. The summed E-state index contributed by atoms with van der Waals surface area (Å²) in [6, 6.07) is 11.8. The van der Waals surface area contributed by atoms with Gasteiger partial charge >= 0.3 is 12.6 Å². The highest BCUT2D eigenvalue weighted by Crippen LogP contribution is 2.34. The number of benzene rings is 2. The van der Waals surface area contributed by atoms with E-state index in [-0.39, 0.29) is 5.75 Å². The highest BCUT2D eigenvalue weighted by molar-refractivity contribution is 5.89. The van der Waals surface area contributed by atoms with Gasteiger partial charge in [-0.25, -0.2) is 4.79 Å². The molecule has 0 aromatic heterocycles. The maximum Gasteiger partial charge on any atom is 0.387 e. The van der Waals surface area contributed by atoms with Gasteiger partial charge in [0, 0.05) is 0 Å². The topological polar surface area (TPSA) is 44.8 Å². The summed E-state index contributed by atoms with van der Waals surface area (Å²) in [5.41, 5.74) is 2.15. The Morgan fingerprint density at radius 2 is 1.74 bits per heavy atom. The summed E-state index contributed by atoms with van der Waals surface area (Å²) in [6.07, 6.45) is 5.90. The molecule has 0 amide bonds. The molecular weight excluding hydrogens is 354 g/mol. The van der Waals surface area contributed by atoms with E-state index >= 15 is 0 Å². The standard InChI is InChI=1S/C21H20F2O4/c1-25-20(24)17-9-6-14(7-10-17)2-3-15-8-11-18(27-21(22)23)19(12-15)26-13-16-4-5-16/h2-3,6-12,16,21H,4-5,13H2,1H3/b3-2+. The number of hydrogen-bond donors (Lipinski definition) is 0. The van der Waals surface area contributed by atoms with E-state index in [0.29, 0.717) is 23.8 Å². The summed E-state index contributed by atoms with van der Waals surface area (Å²) < 4.78 is 40.0. The van der Waals surface area contributed by atoms with E-state index < -0.39 is 12.6 Å². The van der Waals surface area contributed by atoms with E-state index in [1.54, 1.807) is 36.4 Å². The molecule has 0 atom stereocenters. The van der Waals surface area contributed by atoms with Gasteiger partial charge in [-0.05, 0) is 54.2 Å². The van der Waals surface area contributed by atoms with Gasteiger partial charge in [-0.15, -0.1) is 0 Å². The number of carbonyl (C=O) groups excluding carboxylic acids is 1. The van der Waals surface area contributed by atoms with Gasteiger partial charge in [-0.1, -0.05) is 30.4 Å². The lowest BCUT2D eigenvalue weighted by Crippen LogP contribution is -2.06. The summed E-state index contributed by atoms with van der Waals surface area (Å²) >= 11 is 0. The third kappa shape index (κ3) is 5.54. The van der Waals surface area contributed by atoms with Crippen LogP contribution in [-0.2, 0) is 4.74 Å². The Labute approximate surface area is 156 Å². The zero-order valence-electron chi connectivity index (χ0n) is 14.9. The van der Waals surface area contributed by atoms with E-state index in [0.717, 1.165) is 24.0 Å². The van der Waals surface area contributed by atoms with Gasteiger partial charge in [0.15, 0.2) is 11.5 Å². The van der Waals surface area contributed by atoms with Gasteiger partial charge in [0.05, 0.1) is 19.3 Å². The molecule has 0 saturated heterocycles. The minimum atomic E-state index is -2.90. The second kappa shape index (κ2) is 8.66. The number of halogens is 2. The molecule has 27 heavy (non-hydrogen) atoms. The highest BCUT2D eigenvalue weighted by Gasteiger charge is 2.23. The van der Waals surface area contributed by atoms with Gasteiger partial charge in [-0.2, -0.15) is 8.78 Å². The minimum Gasteiger partial charge on any atom is -0.489 e. The maximum absolute atomic E-state index is 12.6. The number of esters is 1. The number of hydrogen-bond acceptors (Lipinski definition) is 4. The van der Waals surface area contributed by atoms with Crippen LogP contribution in [0.1, 0.15) is 34.3 Å². The van der Waals surface area contributed by atoms with E-state index in [1.165, 1.54) is 13.2 Å². The summed E-state index contributed by atoms with van der Waals surface area (Å²) in [5.74, 6) is 0.449. The number of carbonyl (C=O) groups is 1. The number of rotatable bonds is 8. The Morgan fingerprint density at radius 3 is 2.37 bits per heavy atom. The van der Waals surface area contributed by atoms with Crippen molar-refractivity contribution in [2.24, 2.45) is 5.92 Å². The minimum absolute atomic E-state index is 0.0326. The van der Waals surface area contributed by atoms with Crippen molar-refractivity contribution in [2.45, 2.75) is 19.5 Å². The van der Waals surface area contributed by atoms with Crippen molar-refractivity contribution in [1.29, 1.82) is 0 Å². The van der Waals surface area contributed by atoms with Crippen LogP contribution >= 0.6 is 0 Å². The van der Waals surface area contributed by atoms with Crippen LogP contribution in [0, 0.1) is 5.92 Å². The first-order valence-electron chi connectivity index (χ1n) is 8.63. The molecule has 0 N–H and O–H groups in total. The second-order valence-electron chi connectivity index (χ2n) is 6.29. The fourth-order valence-electron chi connectivity index (χ4n) is 2.47. The molecule has 142 valence electrons. The van der Waals surface area contributed by atoms with Gasteiger partial charge in [0.25, 0.3) is 0 Å². The van der Waals surface area contributed by atoms with Gasteiger partial charge < -0.3 is 14.2 Å².